The van der Waals surface area contributed by atoms with Gasteiger partial charge in [-0.3, -0.25) is 4.79 Å². The molecule has 1 amide bonds. The summed E-state index contributed by atoms with van der Waals surface area (Å²) in [5, 5.41) is 0. The van der Waals surface area contributed by atoms with Crippen molar-refractivity contribution in [3.63, 3.8) is 0 Å². The van der Waals surface area contributed by atoms with Crippen LogP contribution in [-0.4, -0.2) is 61.1 Å². The first kappa shape index (κ1) is 19.1. The average molecular weight is 381 g/mol. The standard InChI is InChI=1S/C18H28N4O3S/c1-13(2)22-12-18(8-6-16(22)23)7-5-9-21(11-18)17-15(26(4,24)25)10-19-14(3)20-17/h10,13H,5-9,11-12H2,1-4H3/t18-/m1/s1. The van der Waals surface area contributed by atoms with E-state index >= 15 is 0 Å². The number of aryl methyl sites for hydroxylation is 1. The first-order valence-corrected chi connectivity index (χ1v) is 11.1. The van der Waals surface area contributed by atoms with Gasteiger partial charge >= 0.3 is 0 Å². The molecule has 3 heterocycles. The predicted octanol–water partition coefficient (Wildman–Crippen LogP) is 1.81. The summed E-state index contributed by atoms with van der Waals surface area (Å²) in [6.07, 6.45) is 6.05. The van der Waals surface area contributed by atoms with Crippen LogP contribution in [-0.2, 0) is 14.6 Å². The first-order valence-electron chi connectivity index (χ1n) is 9.19. The molecule has 144 valence electrons. The lowest BCUT2D eigenvalue weighted by Gasteiger charge is -2.49. The zero-order valence-electron chi connectivity index (χ0n) is 16.0. The van der Waals surface area contributed by atoms with Crippen molar-refractivity contribution < 1.29 is 13.2 Å². The number of anilines is 1. The predicted molar refractivity (Wildman–Crippen MR) is 99.8 cm³/mol. The zero-order chi connectivity index (χ0) is 19.1. The summed E-state index contributed by atoms with van der Waals surface area (Å²) >= 11 is 0. The van der Waals surface area contributed by atoms with Crippen LogP contribution in [0.5, 0.6) is 0 Å². The van der Waals surface area contributed by atoms with Crippen LogP contribution in [0.15, 0.2) is 11.1 Å². The van der Waals surface area contributed by atoms with E-state index in [2.05, 4.69) is 14.9 Å². The molecule has 0 unspecified atom stereocenters. The number of hydrogen-bond acceptors (Lipinski definition) is 6. The number of sulfone groups is 1. The molecule has 1 spiro atoms. The summed E-state index contributed by atoms with van der Waals surface area (Å²) in [6, 6.07) is 0.183. The highest BCUT2D eigenvalue weighted by molar-refractivity contribution is 7.90. The number of nitrogens with zero attached hydrogens (tertiary/aromatic N) is 4. The highest BCUT2D eigenvalue weighted by Crippen LogP contribution is 2.41. The van der Waals surface area contributed by atoms with Crippen LogP contribution in [0, 0.1) is 12.3 Å². The quantitative estimate of drug-likeness (QED) is 0.795. The average Bonchev–Trinajstić information content (AvgIpc) is 2.56. The van der Waals surface area contributed by atoms with Gasteiger partial charge in [0.05, 0.1) is 6.20 Å². The Hall–Kier alpha value is -1.70. The lowest BCUT2D eigenvalue weighted by atomic mass is 9.73. The second-order valence-electron chi connectivity index (χ2n) is 8.02. The van der Waals surface area contributed by atoms with Crippen molar-refractivity contribution >= 4 is 21.6 Å². The molecule has 1 atom stereocenters. The second kappa shape index (κ2) is 6.79. The van der Waals surface area contributed by atoms with Crippen LogP contribution in [0.1, 0.15) is 45.4 Å². The van der Waals surface area contributed by atoms with Crippen LogP contribution in [0.2, 0.25) is 0 Å². The minimum absolute atomic E-state index is 0.00403. The molecule has 0 N–H and O–H groups in total. The smallest absolute Gasteiger partial charge is 0.222 e. The van der Waals surface area contributed by atoms with Gasteiger partial charge in [-0.25, -0.2) is 18.4 Å². The summed E-state index contributed by atoms with van der Waals surface area (Å²) in [5.41, 5.74) is 0.00403. The maximum atomic E-state index is 12.3. The van der Waals surface area contributed by atoms with Crippen LogP contribution < -0.4 is 4.90 Å². The van der Waals surface area contributed by atoms with E-state index in [1.807, 2.05) is 18.7 Å². The number of carbonyl (C=O) groups is 1. The summed E-state index contributed by atoms with van der Waals surface area (Å²) in [4.78, 5) is 25.0. The minimum atomic E-state index is -3.41. The number of aromatic nitrogens is 2. The molecule has 0 radical (unpaired) electrons. The maximum absolute atomic E-state index is 12.3. The summed E-state index contributed by atoms with van der Waals surface area (Å²) in [5.74, 6) is 1.29. The third-order valence-electron chi connectivity index (χ3n) is 5.54. The van der Waals surface area contributed by atoms with E-state index in [0.29, 0.717) is 18.1 Å². The molecule has 26 heavy (non-hydrogen) atoms. The molecule has 0 aromatic carbocycles. The third kappa shape index (κ3) is 3.70. The topological polar surface area (TPSA) is 83.5 Å². The lowest BCUT2D eigenvalue weighted by molar-refractivity contribution is -0.140. The van der Waals surface area contributed by atoms with Crippen LogP contribution >= 0.6 is 0 Å². The van der Waals surface area contributed by atoms with Gasteiger partial charge in [-0.15, -0.1) is 0 Å². The molecule has 1 aromatic heterocycles. The molecule has 0 saturated carbocycles. The Kier molecular flexibility index (Phi) is 4.98. The number of rotatable bonds is 3. The van der Waals surface area contributed by atoms with Gasteiger partial charge < -0.3 is 9.80 Å². The zero-order valence-corrected chi connectivity index (χ0v) is 16.8. The van der Waals surface area contributed by atoms with Gasteiger partial charge in [0.25, 0.3) is 0 Å². The number of likely N-dealkylation sites (tertiary alicyclic amines) is 1. The molecule has 7 nitrogen and oxygen atoms in total. The lowest BCUT2D eigenvalue weighted by Crippen LogP contribution is -2.56. The Morgan fingerprint density at radius 1 is 1.23 bits per heavy atom. The van der Waals surface area contributed by atoms with Gasteiger partial charge in [-0.2, -0.15) is 0 Å². The SMILES string of the molecule is Cc1ncc(S(C)(=O)=O)c(N2CCC[C@@]3(CCC(=O)N(C(C)C)C3)C2)n1. The van der Waals surface area contributed by atoms with Crippen molar-refractivity contribution in [2.24, 2.45) is 5.41 Å². The molecule has 2 aliphatic rings. The van der Waals surface area contributed by atoms with E-state index in [1.165, 1.54) is 12.5 Å². The monoisotopic (exact) mass is 380 g/mol. The Morgan fingerprint density at radius 3 is 2.62 bits per heavy atom. The normalized spacial score (nSPS) is 24.6. The largest absolute Gasteiger partial charge is 0.355 e. The Bertz CT molecular complexity index is 809. The maximum Gasteiger partial charge on any atom is 0.222 e. The van der Waals surface area contributed by atoms with Gasteiger partial charge in [0, 0.05) is 43.8 Å². The Labute approximate surface area is 155 Å². The second-order valence-corrected chi connectivity index (χ2v) is 10.0. The minimum Gasteiger partial charge on any atom is -0.355 e. The van der Waals surface area contributed by atoms with Crippen molar-refractivity contribution in [1.82, 2.24) is 14.9 Å². The van der Waals surface area contributed by atoms with E-state index in [1.54, 1.807) is 6.92 Å². The molecule has 0 bridgehead atoms. The fourth-order valence-electron chi connectivity index (χ4n) is 4.17. The molecular formula is C18H28N4O3S. The van der Waals surface area contributed by atoms with Gasteiger partial charge in [-0.1, -0.05) is 0 Å². The van der Waals surface area contributed by atoms with Crippen LogP contribution in [0.4, 0.5) is 5.82 Å². The van der Waals surface area contributed by atoms with Crippen molar-refractivity contribution in [2.75, 3.05) is 30.8 Å². The molecule has 0 aliphatic carbocycles. The van der Waals surface area contributed by atoms with E-state index in [4.69, 9.17) is 0 Å². The number of amides is 1. The molecule has 2 aliphatic heterocycles. The molecule has 2 saturated heterocycles. The van der Waals surface area contributed by atoms with Crippen molar-refractivity contribution in [1.29, 1.82) is 0 Å². The summed E-state index contributed by atoms with van der Waals surface area (Å²) in [6.45, 7) is 8.10. The first-order chi connectivity index (χ1) is 12.1. The summed E-state index contributed by atoms with van der Waals surface area (Å²) in [7, 11) is -3.41. The fraction of sp³-hybridized carbons (Fsp3) is 0.722. The fourth-order valence-corrected chi connectivity index (χ4v) is 4.92. The highest BCUT2D eigenvalue weighted by atomic mass is 32.2. The molecule has 1 aromatic rings. The van der Waals surface area contributed by atoms with Crippen LogP contribution in [0.3, 0.4) is 0 Å². The van der Waals surface area contributed by atoms with Gasteiger partial charge in [0.2, 0.25) is 5.91 Å². The van der Waals surface area contributed by atoms with E-state index in [0.717, 1.165) is 38.9 Å². The summed E-state index contributed by atoms with van der Waals surface area (Å²) < 4.78 is 24.4. The Balaban J connectivity index is 1.92. The van der Waals surface area contributed by atoms with E-state index in [9.17, 15) is 13.2 Å². The molecule has 3 rings (SSSR count). The number of piperidine rings is 2. The van der Waals surface area contributed by atoms with Crippen molar-refractivity contribution in [3.05, 3.63) is 12.0 Å². The highest BCUT2D eigenvalue weighted by Gasteiger charge is 2.43. The van der Waals surface area contributed by atoms with Gasteiger partial charge in [-0.05, 0) is 40.0 Å². The van der Waals surface area contributed by atoms with Crippen LogP contribution in [0.25, 0.3) is 0 Å². The van der Waals surface area contributed by atoms with E-state index < -0.39 is 9.84 Å². The van der Waals surface area contributed by atoms with Crippen molar-refractivity contribution in [3.8, 4) is 0 Å². The van der Waals surface area contributed by atoms with Gasteiger partial charge in [0.15, 0.2) is 15.7 Å². The van der Waals surface area contributed by atoms with Crippen molar-refractivity contribution in [2.45, 2.75) is 57.4 Å². The molecular weight excluding hydrogens is 352 g/mol. The number of carbonyl (C=O) groups excluding carboxylic acids is 1. The third-order valence-corrected chi connectivity index (χ3v) is 6.62. The Morgan fingerprint density at radius 2 is 1.96 bits per heavy atom. The molecule has 8 heteroatoms. The van der Waals surface area contributed by atoms with E-state index in [-0.39, 0.29) is 22.3 Å². The van der Waals surface area contributed by atoms with Gasteiger partial charge in [0.1, 0.15) is 10.7 Å². The molecule has 2 fully saturated rings. The number of hydrogen-bond donors (Lipinski definition) is 0.